The van der Waals surface area contributed by atoms with Gasteiger partial charge in [0.15, 0.2) is 0 Å². The van der Waals surface area contributed by atoms with E-state index in [0.29, 0.717) is 0 Å². The van der Waals surface area contributed by atoms with Gasteiger partial charge in [0.2, 0.25) is 10.0 Å². The first kappa shape index (κ1) is 14.9. The van der Waals surface area contributed by atoms with Crippen molar-refractivity contribution in [3.8, 4) is 0 Å². The van der Waals surface area contributed by atoms with Crippen molar-refractivity contribution in [1.29, 1.82) is 0 Å². The van der Waals surface area contributed by atoms with Crippen LogP contribution in [0.25, 0.3) is 0 Å². The maximum Gasteiger partial charge on any atom is 0.240 e. The van der Waals surface area contributed by atoms with Crippen LogP contribution in [0, 0.1) is 0 Å². The van der Waals surface area contributed by atoms with Crippen LogP contribution in [-0.4, -0.2) is 35.2 Å². The molecule has 102 valence electrons. The van der Waals surface area contributed by atoms with Gasteiger partial charge in [-0.15, -0.1) is 0 Å². The summed E-state index contributed by atoms with van der Waals surface area (Å²) in [4.78, 5) is 0.268. The van der Waals surface area contributed by atoms with Gasteiger partial charge < -0.3 is 10.1 Å². The van der Waals surface area contributed by atoms with E-state index in [1.54, 1.807) is 24.3 Å². The first-order valence-corrected chi connectivity index (χ1v) is 7.43. The Morgan fingerprint density at radius 2 is 1.89 bits per heavy atom. The van der Waals surface area contributed by atoms with E-state index in [1.165, 1.54) is 7.05 Å². The van der Waals surface area contributed by atoms with Gasteiger partial charge in [0.25, 0.3) is 0 Å². The van der Waals surface area contributed by atoms with Crippen LogP contribution in [-0.2, 0) is 14.8 Å². The van der Waals surface area contributed by atoms with Gasteiger partial charge in [-0.1, -0.05) is 0 Å². The second-order valence-electron chi connectivity index (χ2n) is 3.71. The highest BCUT2D eigenvalue weighted by molar-refractivity contribution is 7.89. The summed E-state index contributed by atoms with van der Waals surface area (Å²) in [6, 6.07) is 6.67. The molecule has 0 saturated heterocycles. The lowest BCUT2D eigenvalue weighted by Crippen LogP contribution is -2.18. The number of ether oxygens (including phenoxy) is 1. The fourth-order valence-corrected chi connectivity index (χ4v) is 2.15. The van der Waals surface area contributed by atoms with Crippen LogP contribution in [0.2, 0.25) is 0 Å². The van der Waals surface area contributed by atoms with Crippen molar-refractivity contribution in [1.82, 2.24) is 4.72 Å². The van der Waals surface area contributed by atoms with Crippen molar-refractivity contribution in [2.75, 3.05) is 32.1 Å². The van der Waals surface area contributed by atoms with Gasteiger partial charge in [0.05, 0.1) is 4.90 Å². The Morgan fingerprint density at radius 3 is 2.44 bits per heavy atom. The number of hydrogen-bond donors (Lipinski definition) is 2. The Bertz CT molecular complexity index is 443. The maximum atomic E-state index is 11.5. The molecule has 0 amide bonds. The number of sulfonamides is 1. The third-order valence-corrected chi connectivity index (χ3v) is 3.86. The number of nitrogens with one attached hydrogen (secondary N) is 2. The van der Waals surface area contributed by atoms with Gasteiger partial charge in [-0.2, -0.15) is 0 Å². The normalized spacial score (nSPS) is 11.4. The lowest BCUT2D eigenvalue weighted by atomic mass is 10.3. The number of benzene rings is 1. The average molecular weight is 272 g/mol. The SMILES string of the molecule is CCOCCCNc1ccc(S(=O)(=O)NC)cc1. The molecule has 0 saturated carbocycles. The highest BCUT2D eigenvalue weighted by atomic mass is 32.2. The second-order valence-corrected chi connectivity index (χ2v) is 5.60. The third-order valence-electron chi connectivity index (χ3n) is 2.43. The van der Waals surface area contributed by atoms with Crippen molar-refractivity contribution in [2.45, 2.75) is 18.2 Å². The summed E-state index contributed by atoms with van der Waals surface area (Å²) < 4.78 is 30.5. The minimum absolute atomic E-state index is 0.268. The zero-order valence-electron chi connectivity index (χ0n) is 10.8. The molecule has 1 rings (SSSR count). The standard InChI is InChI=1S/C12H20N2O3S/c1-3-17-10-4-9-14-11-5-7-12(8-6-11)18(15,16)13-2/h5-8,13-14H,3-4,9-10H2,1-2H3. The van der Waals surface area contributed by atoms with Crippen molar-refractivity contribution < 1.29 is 13.2 Å². The Labute approximate surface area is 109 Å². The molecule has 0 atom stereocenters. The van der Waals surface area contributed by atoms with Gasteiger partial charge >= 0.3 is 0 Å². The van der Waals surface area contributed by atoms with E-state index >= 15 is 0 Å². The quantitative estimate of drug-likeness (QED) is 0.703. The summed E-state index contributed by atoms with van der Waals surface area (Å²) in [5.74, 6) is 0. The molecule has 0 unspecified atom stereocenters. The van der Waals surface area contributed by atoms with E-state index < -0.39 is 10.0 Å². The van der Waals surface area contributed by atoms with E-state index in [9.17, 15) is 8.42 Å². The predicted octanol–water partition coefficient (Wildman–Crippen LogP) is 1.43. The van der Waals surface area contributed by atoms with Crippen LogP contribution in [0.3, 0.4) is 0 Å². The molecule has 0 aliphatic rings. The largest absolute Gasteiger partial charge is 0.385 e. The first-order chi connectivity index (χ1) is 8.60. The third kappa shape index (κ3) is 4.64. The second kappa shape index (κ2) is 7.35. The van der Waals surface area contributed by atoms with E-state index in [4.69, 9.17) is 4.74 Å². The molecule has 0 bridgehead atoms. The Kier molecular flexibility index (Phi) is 6.11. The average Bonchev–Trinajstić information content (AvgIpc) is 2.39. The monoisotopic (exact) mass is 272 g/mol. The minimum atomic E-state index is -3.35. The Balaban J connectivity index is 2.46. The molecule has 5 nitrogen and oxygen atoms in total. The highest BCUT2D eigenvalue weighted by Gasteiger charge is 2.09. The number of rotatable bonds is 8. The van der Waals surface area contributed by atoms with Gasteiger partial charge in [-0.3, -0.25) is 0 Å². The van der Waals surface area contributed by atoms with Crippen LogP contribution in [0.1, 0.15) is 13.3 Å². The summed E-state index contributed by atoms with van der Waals surface area (Å²) in [5.41, 5.74) is 0.904. The molecular formula is C12H20N2O3S. The first-order valence-electron chi connectivity index (χ1n) is 5.95. The zero-order chi connectivity index (χ0) is 13.4. The van der Waals surface area contributed by atoms with Gasteiger partial charge in [0.1, 0.15) is 0 Å². The summed E-state index contributed by atoms with van der Waals surface area (Å²) in [6.45, 7) is 4.23. The van der Waals surface area contributed by atoms with Crippen LogP contribution in [0.5, 0.6) is 0 Å². The molecule has 0 fully saturated rings. The molecule has 1 aromatic carbocycles. The lowest BCUT2D eigenvalue weighted by molar-refractivity contribution is 0.147. The highest BCUT2D eigenvalue weighted by Crippen LogP contribution is 2.13. The summed E-state index contributed by atoms with van der Waals surface area (Å²) in [6.07, 6.45) is 0.921. The molecule has 0 heterocycles. The molecule has 2 N–H and O–H groups in total. The lowest BCUT2D eigenvalue weighted by Gasteiger charge is -2.07. The minimum Gasteiger partial charge on any atom is -0.385 e. The molecule has 0 aromatic heterocycles. The van der Waals surface area contributed by atoms with Crippen LogP contribution in [0.15, 0.2) is 29.2 Å². The van der Waals surface area contributed by atoms with Gasteiger partial charge in [-0.05, 0) is 44.7 Å². The molecule has 1 aromatic rings. The Morgan fingerprint density at radius 1 is 1.22 bits per heavy atom. The topological polar surface area (TPSA) is 67.4 Å². The van der Waals surface area contributed by atoms with Crippen LogP contribution < -0.4 is 10.0 Å². The van der Waals surface area contributed by atoms with Crippen LogP contribution >= 0.6 is 0 Å². The summed E-state index contributed by atoms with van der Waals surface area (Å²) >= 11 is 0. The summed E-state index contributed by atoms with van der Waals surface area (Å²) in [5, 5.41) is 3.20. The fourth-order valence-electron chi connectivity index (χ4n) is 1.42. The van der Waals surface area contributed by atoms with E-state index in [0.717, 1.165) is 31.9 Å². The molecule has 18 heavy (non-hydrogen) atoms. The van der Waals surface area contributed by atoms with Gasteiger partial charge in [0, 0.05) is 25.4 Å². The van der Waals surface area contributed by atoms with Crippen LogP contribution in [0.4, 0.5) is 5.69 Å². The molecule has 0 aliphatic heterocycles. The predicted molar refractivity (Wildman–Crippen MR) is 72.3 cm³/mol. The Hall–Kier alpha value is -1.11. The fraction of sp³-hybridized carbons (Fsp3) is 0.500. The van der Waals surface area contributed by atoms with E-state index in [-0.39, 0.29) is 4.90 Å². The van der Waals surface area contributed by atoms with E-state index in [1.807, 2.05) is 6.92 Å². The van der Waals surface area contributed by atoms with Gasteiger partial charge in [-0.25, -0.2) is 13.1 Å². The van der Waals surface area contributed by atoms with E-state index in [2.05, 4.69) is 10.0 Å². The van der Waals surface area contributed by atoms with Crippen molar-refractivity contribution in [3.63, 3.8) is 0 Å². The molecule has 0 spiro atoms. The molecular weight excluding hydrogens is 252 g/mol. The maximum absolute atomic E-state index is 11.5. The molecule has 0 aliphatic carbocycles. The number of anilines is 1. The summed E-state index contributed by atoms with van der Waals surface area (Å²) in [7, 11) is -1.95. The number of hydrogen-bond acceptors (Lipinski definition) is 4. The molecule has 6 heteroatoms. The van der Waals surface area contributed by atoms with Crippen molar-refractivity contribution >= 4 is 15.7 Å². The smallest absolute Gasteiger partial charge is 0.240 e. The zero-order valence-corrected chi connectivity index (χ0v) is 11.6. The van der Waals surface area contributed by atoms with Crippen molar-refractivity contribution in [3.05, 3.63) is 24.3 Å². The van der Waals surface area contributed by atoms with Crippen molar-refractivity contribution in [2.24, 2.45) is 0 Å². The molecule has 0 radical (unpaired) electrons.